The first-order valence-electron chi connectivity index (χ1n) is 9.15. The van der Waals surface area contributed by atoms with Crippen LogP contribution in [0.4, 0.5) is 5.13 Å². The Kier molecular flexibility index (Phi) is 6.39. The van der Waals surface area contributed by atoms with Crippen LogP contribution < -0.4 is 4.90 Å². The van der Waals surface area contributed by atoms with Crippen molar-refractivity contribution in [3.05, 3.63) is 41.7 Å². The zero-order valence-electron chi connectivity index (χ0n) is 14.9. The summed E-state index contributed by atoms with van der Waals surface area (Å²) in [4.78, 5) is 21.1. The molecule has 0 bridgehead atoms. The Morgan fingerprint density at radius 1 is 1.12 bits per heavy atom. The van der Waals surface area contributed by atoms with Gasteiger partial charge in [-0.25, -0.2) is 4.98 Å². The van der Waals surface area contributed by atoms with Crippen molar-refractivity contribution >= 4 is 22.6 Å². The first-order valence-corrected chi connectivity index (χ1v) is 9.93. The molecular weight excluding hydrogens is 332 g/mol. The van der Waals surface area contributed by atoms with Crippen LogP contribution in [0.25, 0.3) is 0 Å². The molecule has 25 heavy (non-hydrogen) atoms. The number of carbonyl (C=O) groups is 1. The first kappa shape index (κ1) is 17.9. The minimum atomic E-state index is 0.301. The summed E-state index contributed by atoms with van der Waals surface area (Å²) in [7, 11) is 0. The second-order valence-electron chi connectivity index (χ2n) is 6.48. The van der Waals surface area contributed by atoms with Gasteiger partial charge in [-0.15, -0.1) is 0 Å². The summed E-state index contributed by atoms with van der Waals surface area (Å²) in [5.74, 6) is 1.18. The molecule has 0 spiro atoms. The highest BCUT2D eigenvalue weighted by molar-refractivity contribution is 7.09. The summed E-state index contributed by atoms with van der Waals surface area (Å²) in [6.07, 6.45) is 4.76. The topological polar surface area (TPSA) is 49.3 Å². The molecule has 3 rings (SSSR count). The van der Waals surface area contributed by atoms with Crippen molar-refractivity contribution in [2.45, 2.75) is 39.0 Å². The van der Waals surface area contributed by atoms with Gasteiger partial charge in [0.15, 0.2) is 0 Å². The number of nitrogens with zero attached hydrogens (tertiary/aromatic N) is 4. The number of anilines is 1. The highest BCUT2D eigenvalue weighted by atomic mass is 32.1. The number of piperazine rings is 1. The molecule has 1 aromatic heterocycles. The molecule has 2 heterocycles. The number of amides is 1. The molecule has 1 saturated heterocycles. The van der Waals surface area contributed by atoms with E-state index in [-0.39, 0.29) is 0 Å². The second kappa shape index (κ2) is 8.94. The van der Waals surface area contributed by atoms with E-state index >= 15 is 0 Å². The predicted molar refractivity (Wildman–Crippen MR) is 102 cm³/mol. The minimum Gasteiger partial charge on any atom is -0.343 e. The molecule has 0 N–H and O–H groups in total. The third-order valence-electron chi connectivity index (χ3n) is 4.56. The molecule has 6 heteroatoms. The minimum absolute atomic E-state index is 0.301. The second-order valence-corrected chi connectivity index (χ2v) is 7.21. The fourth-order valence-electron chi connectivity index (χ4n) is 3.05. The van der Waals surface area contributed by atoms with Gasteiger partial charge in [0, 0.05) is 50.6 Å². The molecule has 1 amide bonds. The van der Waals surface area contributed by atoms with Crippen molar-refractivity contribution in [3.8, 4) is 0 Å². The van der Waals surface area contributed by atoms with Crippen LogP contribution in [0.5, 0.6) is 0 Å². The fourth-order valence-corrected chi connectivity index (χ4v) is 3.79. The van der Waals surface area contributed by atoms with Gasteiger partial charge in [-0.1, -0.05) is 50.1 Å². The number of benzene rings is 1. The third-order valence-corrected chi connectivity index (χ3v) is 5.37. The molecule has 1 aromatic carbocycles. The van der Waals surface area contributed by atoms with Gasteiger partial charge in [0.1, 0.15) is 5.82 Å². The number of unbranched alkanes of at least 4 members (excludes halogenated alkanes) is 2. The van der Waals surface area contributed by atoms with Crippen LogP contribution in [0.2, 0.25) is 0 Å². The zero-order chi connectivity index (χ0) is 17.5. The van der Waals surface area contributed by atoms with Gasteiger partial charge in [-0.05, 0) is 12.0 Å². The maximum atomic E-state index is 12.2. The smallest absolute Gasteiger partial charge is 0.222 e. The van der Waals surface area contributed by atoms with Crippen molar-refractivity contribution in [3.63, 3.8) is 0 Å². The molecule has 134 valence electrons. The Balaban J connectivity index is 1.49. The van der Waals surface area contributed by atoms with Gasteiger partial charge < -0.3 is 9.80 Å². The van der Waals surface area contributed by atoms with Crippen molar-refractivity contribution < 1.29 is 4.79 Å². The van der Waals surface area contributed by atoms with Crippen LogP contribution in [-0.4, -0.2) is 46.3 Å². The van der Waals surface area contributed by atoms with Crippen molar-refractivity contribution in [2.24, 2.45) is 0 Å². The van der Waals surface area contributed by atoms with E-state index in [1.54, 1.807) is 0 Å². The van der Waals surface area contributed by atoms with Crippen LogP contribution in [0, 0.1) is 0 Å². The molecule has 5 nitrogen and oxygen atoms in total. The van der Waals surface area contributed by atoms with E-state index in [0.29, 0.717) is 12.3 Å². The average Bonchev–Trinajstić information content (AvgIpc) is 3.11. The Labute approximate surface area is 153 Å². The standard InChI is InChI=1S/C19H26N4OS/c1-2-3-5-10-18(24)22-11-13-23(14-12-22)19-20-17(21-25-19)15-16-8-6-4-7-9-16/h4,6-9H,2-3,5,10-15H2,1H3. The Bertz CT molecular complexity index is 665. The van der Waals surface area contributed by atoms with Gasteiger partial charge >= 0.3 is 0 Å². The zero-order valence-corrected chi connectivity index (χ0v) is 15.7. The van der Waals surface area contributed by atoms with Crippen LogP contribution in [0.1, 0.15) is 44.0 Å². The van der Waals surface area contributed by atoms with E-state index in [1.165, 1.54) is 17.1 Å². The maximum absolute atomic E-state index is 12.2. The van der Waals surface area contributed by atoms with Crippen LogP contribution in [0.15, 0.2) is 30.3 Å². The van der Waals surface area contributed by atoms with Gasteiger partial charge in [0.05, 0.1) is 0 Å². The Morgan fingerprint density at radius 3 is 2.60 bits per heavy atom. The molecule has 1 aliphatic heterocycles. The van der Waals surface area contributed by atoms with E-state index in [0.717, 1.165) is 62.8 Å². The highest BCUT2D eigenvalue weighted by Gasteiger charge is 2.22. The number of aromatic nitrogens is 2. The molecular formula is C19H26N4OS. The molecule has 0 radical (unpaired) electrons. The van der Waals surface area contributed by atoms with Crippen molar-refractivity contribution in [2.75, 3.05) is 31.1 Å². The summed E-state index contributed by atoms with van der Waals surface area (Å²) >= 11 is 1.46. The summed E-state index contributed by atoms with van der Waals surface area (Å²) < 4.78 is 4.50. The van der Waals surface area contributed by atoms with E-state index in [1.807, 2.05) is 23.1 Å². The van der Waals surface area contributed by atoms with Crippen LogP contribution in [0.3, 0.4) is 0 Å². The third kappa shape index (κ3) is 5.01. The van der Waals surface area contributed by atoms with Gasteiger partial charge in [-0.3, -0.25) is 4.79 Å². The lowest BCUT2D eigenvalue weighted by Gasteiger charge is -2.34. The number of hydrogen-bond acceptors (Lipinski definition) is 5. The van der Waals surface area contributed by atoms with Crippen LogP contribution in [-0.2, 0) is 11.2 Å². The lowest BCUT2D eigenvalue weighted by atomic mass is 10.1. The number of hydrogen-bond donors (Lipinski definition) is 0. The first-order chi connectivity index (χ1) is 12.3. The summed E-state index contributed by atoms with van der Waals surface area (Å²) in [5.41, 5.74) is 1.23. The average molecular weight is 359 g/mol. The van der Waals surface area contributed by atoms with Crippen molar-refractivity contribution in [1.29, 1.82) is 0 Å². The molecule has 1 fully saturated rings. The summed E-state index contributed by atoms with van der Waals surface area (Å²) in [5, 5.41) is 0.976. The highest BCUT2D eigenvalue weighted by Crippen LogP contribution is 2.20. The maximum Gasteiger partial charge on any atom is 0.222 e. The lowest BCUT2D eigenvalue weighted by Crippen LogP contribution is -2.48. The quantitative estimate of drug-likeness (QED) is 0.712. The van der Waals surface area contributed by atoms with Gasteiger partial charge in [-0.2, -0.15) is 4.37 Å². The van der Waals surface area contributed by atoms with E-state index < -0.39 is 0 Å². The summed E-state index contributed by atoms with van der Waals surface area (Å²) in [6, 6.07) is 10.3. The Morgan fingerprint density at radius 2 is 1.88 bits per heavy atom. The molecule has 0 saturated carbocycles. The molecule has 1 aliphatic rings. The lowest BCUT2D eigenvalue weighted by molar-refractivity contribution is -0.131. The molecule has 2 aromatic rings. The largest absolute Gasteiger partial charge is 0.343 e. The van der Waals surface area contributed by atoms with Crippen LogP contribution >= 0.6 is 11.5 Å². The van der Waals surface area contributed by atoms with E-state index in [4.69, 9.17) is 0 Å². The number of carbonyl (C=O) groups excluding carboxylic acids is 1. The van der Waals surface area contributed by atoms with Gasteiger partial charge in [0.2, 0.25) is 11.0 Å². The Hall–Kier alpha value is -1.95. The van der Waals surface area contributed by atoms with E-state index in [9.17, 15) is 4.79 Å². The van der Waals surface area contributed by atoms with E-state index in [2.05, 4.69) is 33.3 Å². The SMILES string of the molecule is CCCCCC(=O)N1CCN(c2nc(Cc3ccccc3)ns2)CC1. The van der Waals surface area contributed by atoms with Crippen molar-refractivity contribution in [1.82, 2.24) is 14.3 Å². The monoisotopic (exact) mass is 358 g/mol. The van der Waals surface area contributed by atoms with Gasteiger partial charge in [0.25, 0.3) is 0 Å². The number of rotatable bonds is 7. The fraction of sp³-hybridized carbons (Fsp3) is 0.526. The molecule has 0 atom stereocenters. The molecule has 0 unspecified atom stereocenters. The summed E-state index contributed by atoms with van der Waals surface area (Å²) in [6.45, 7) is 5.44. The normalized spacial score (nSPS) is 14.8. The predicted octanol–water partition coefficient (Wildman–Crippen LogP) is 3.36. The molecule has 0 aliphatic carbocycles.